The Morgan fingerprint density at radius 2 is 1.49 bits per heavy atom. The number of ketones is 1. The van der Waals surface area contributed by atoms with Crippen molar-refractivity contribution in [3.8, 4) is 0 Å². The van der Waals surface area contributed by atoms with E-state index in [2.05, 4.69) is 21.3 Å². The molecule has 5 amide bonds. The molecule has 2 heterocycles. The van der Waals surface area contributed by atoms with Gasteiger partial charge in [0.1, 0.15) is 12.1 Å². The van der Waals surface area contributed by atoms with Gasteiger partial charge in [0.25, 0.3) is 5.91 Å². The predicted octanol–water partition coefficient (Wildman–Crippen LogP) is 4.86. The van der Waals surface area contributed by atoms with Crippen LogP contribution in [-0.4, -0.2) is 90.1 Å². The second-order valence-corrected chi connectivity index (χ2v) is 19.0. The normalized spacial score (nSPS) is 25.6. The van der Waals surface area contributed by atoms with E-state index < -0.39 is 61.9 Å². The molecule has 12 nitrogen and oxygen atoms in total. The second kappa shape index (κ2) is 19.2. The van der Waals surface area contributed by atoms with Crippen LogP contribution in [0.4, 0.5) is 4.79 Å². The van der Waals surface area contributed by atoms with E-state index in [0.717, 1.165) is 56.9 Å². The summed E-state index contributed by atoms with van der Waals surface area (Å²) in [4.78, 5) is 70.0. The molecule has 290 valence electrons. The Labute approximate surface area is 306 Å². The maximum atomic E-state index is 14.5. The first-order valence-electron chi connectivity index (χ1n) is 19.4. The Morgan fingerprint density at radius 1 is 0.902 bits per heavy atom. The van der Waals surface area contributed by atoms with Crippen LogP contribution in [0.3, 0.4) is 0 Å². The highest BCUT2D eigenvalue weighted by Gasteiger charge is 2.46. The summed E-state index contributed by atoms with van der Waals surface area (Å²) in [6.45, 7) is 11.4. The average Bonchev–Trinajstić information content (AvgIpc) is 3.46. The summed E-state index contributed by atoms with van der Waals surface area (Å²) in [5, 5.41) is 11.5. The fourth-order valence-electron chi connectivity index (χ4n) is 7.60. The van der Waals surface area contributed by atoms with Crippen LogP contribution in [0.5, 0.6) is 0 Å². The van der Waals surface area contributed by atoms with E-state index in [1.54, 1.807) is 20.8 Å². The molecule has 0 aromatic rings. The third kappa shape index (κ3) is 12.3. The van der Waals surface area contributed by atoms with Crippen molar-refractivity contribution in [1.29, 1.82) is 0 Å². The smallest absolute Gasteiger partial charge is 0.315 e. The molecule has 0 aromatic carbocycles. The molecule has 0 unspecified atom stereocenters. The third-order valence-electron chi connectivity index (χ3n) is 10.6. The van der Waals surface area contributed by atoms with Crippen LogP contribution in [0.15, 0.2) is 11.6 Å². The number of hydrogen-bond acceptors (Lipinski definition) is 7. The summed E-state index contributed by atoms with van der Waals surface area (Å²) in [5.74, 6) is -2.78. The number of sulfone groups is 1. The van der Waals surface area contributed by atoms with Crippen LogP contribution in [-0.2, 0) is 29.0 Å². The van der Waals surface area contributed by atoms with E-state index in [9.17, 15) is 32.4 Å². The Kier molecular flexibility index (Phi) is 16.0. The molecule has 0 radical (unpaired) electrons. The zero-order chi connectivity index (χ0) is 37.8. The minimum absolute atomic E-state index is 0.176. The Hall–Kier alpha value is -2.96. The van der Waals surface area contributed by atoms with Crippen LogP contribution < -0.4 is 21.3 Å². The lowest BCUT2D eigenvalue weighted by Crippen LogP contribution is -2.61. The van der Waals surface area contributed by atoms with Gasteiger partial charge in [-0.25, -0.2) is 13.2 Å². The predicted molar refractivity (Wildman–Crippen MR) is 200 cm³/mol. The number of nitrogens with one attached hydrogen (secondary N) is 4. The molecular weight excluding hydrogens is 671 g/mol. The first kappa shape index (κ1) is 42.5. The van der Waals surface area contributed by atoms with E-state index in [1.165, 1.54) is 4.90 Å². The minimum Gasteiger partial charge on any atom is -0.349 e. The highest BCUT2D eigenvalue weighted by atomic mass is 32.2. The van der Waals surface area contributed by atoms with Crippen LogP contribution in [0.2, 0.25) is 0 Å². The largest absolute Gasteiger partial charge is 0.349 e. The van der Waals surface area contributed by atoms with Crippen LogP contribution in [0.25, 0.3) is 0 Å². The lowest BCUT2D eigenvalue weighted by Gasteiger charge is -2.40. The maximum Gasteiger partial charge on any atom is 0.315 e. The van der Waals surface area contributed by atoms with Crippen molar-refractivity contribution in [2.24, 2.45) is 5.92 Å². The van der Waals surface area contributed by atoms with E-state index in [1.807, 2.05) is 26.8 Å². The minimum atomic E-state index is -3.56. The lowest BCUT2D eigenvalue weighted by atomic mass is 9.83. The molecule has 2 saturated heterocycles. The van der Waals surface area contributed by atoms with Crippen LogP contribution >= 0.6 is 0 Å². The van der Waals surface area contributed by atoms with Gasteiger partial charge in [-0.15, -0.1) is 0 Å². The highest BCUT2D eigenvalue weighted by Crippen LogP contribution is 2.33. The number of amides is 5. The van der Waals surface area contributed by atoms with E-state index in [-0.39, 0.29) is 24.1 Å². The molecule has 13 heteroatoms. The van der Waals surface area contributed by atoms with Crippen molar-refractivity contribution in [1.82, 2.24) is 26.2 Å². The third-order valence-corrected chi connectivity index (χ3v) is 13.4. The fraction of sp³-hybridized carbons (Fsp3) is 0.816. The number of fused-ring (bicyclic) bond motifs is 1. The van der Waals surface area contributed by atoms with Gasteiger partial charge in [0, 0.05) is 19.0 Å². The first-order valence-corrected chi connectivity index (χ1v) is 21.0. The monoisotopic (exact) mass is 735 g/mol. The average molecular weight is 736 g/mol. The zero-order valence-corrected chi connectivity index (χ0v) is 32.9. The molecule has 0 bridgehead atoms. The summed E-state index contributed by atoms with van der Waals surface area (Å²) in [7, 11) is -3.56. The highest BCUT2D eigenvalue weighted by molar-refractivity contribution is 7.92. The first-order chi connectivity index (χ1) is 24.0. The van der Waals surface area contributed by atoms with Crippen molar-refractivity contribution in [3.63, 3.8) is 0 Å². The number of carbonyl (C=O) groups is 5. The zero-order valence-electron chi connectivity index (χ0n) is 32.0. The van der Waals surface area contributed by atoms with Crippen molar-refractivity contribution < 1.29 is 32.4 Å². The summed E-state index contributed by atoms with van der Waals surface area (Å²) in [6, 6.07) is -3.46. The summed E-state index contributed by atoms with van der Waals surface area (Å²) in [5.41, 5.74) is 0.0450. The van der Waals surface area contributed by atoms with Crippen LogP contribution in [0.1, 0.15) is 144 Å². The van der Waals surface area contributed by atoms with E-state index in [0.29, 0.717) is 57.9 Å². The Morgan fingerprint density at radius 3 is 2.08 bits per heavy atom. The molecule has 3 aliphatic rings. The van der Waals surface area contributed by atoms with Gasteiger partial charge in [-0.3, -0.25) is 19.2 Å². The molecule has 0 spiro atoms. The van der Waals surface area contributed by atoms with Crippen molar-refractivity contribution in [2.45, 2.75) is 173 Å². The number of rotatable bonds is 9. The van der Waals surface area contributed by atoms with E-state index >= 15 is 0 Å². The van der Waals surface area contributed by atoms with Gasteiger partial charge in [0.2, 0.25) is 17.6 Å². The number of hydrogen-bond donors (Lipinski definition) is 4. The molecule has 3 rings (SSSR count). The number of allylic oxidation sites excluding steroid dienone is 1. The molecule has 0 aromatic heterocycles. The summed E-state index contributed by atoms with van der Waals surface area (Å²) in [6.07, 6.45) is 13.5. The molecule has 4 atom stereocenters. The van der Waals surface area contributed by atoms with E-state index in [4.69, 9.17) is 0 Å². The van der Waals surface area contributed by atoms with Gasteiger partial charge < -0.3 is 26.2 Å². The molecular formula is C38H65N5O7S. The van der Waals surface area contributed by atoms with Gasteiger partial charge in [0.15, 0.2) is 9.84 Å². The number of carbonyl (C=O) groups excluding carboxylic acids is 5. The molecule has 1 aliphatic carbocycles. The lowest BCUT2D eigenvalue weighted by molar-refractivity contribution is -0.143. The molecule has 2 aliphatic heterocycles. The van der Waals surface area contributed by atoms with Crippen molar-refractivity contribution in [3.05, 3.63) is 11.6 Å². The molecule has 51 heavy (non-hydrogen) atoms. The SMILES string of the molecule is CCCNC(=O)C(=O)[C@@H]1CCCCCCCCC[C@H](NC(=O)NC2(CS(=O)(=O)C(C)(C)C)CCCCC2)C(=O)N2CC[C@H](C=C(C)C)[C@H]2C(=O)N1. The van der Waals surface area contributed by atoms with Gasteiger partial charge in [-0.1, -0.05) is 82.8 Å². The van der Waals surface area contributed by atoms with Crippen molar-refractivity contribution in [2.75, 3.05) is 18.8 Å². The van der Waals surface area contributed by atoms with Gasteiger partial charge in [-0.05, 0) is 73.1 Å². The maximum absolute atomic E-state index is 14.5. The number of Topliss-reactive ketones (excluding diaryl/α,β-unsaturated/α-hetero) is 1. The van der Waals surface area contributed by atoms with Crippen LogP contribution in [0, 0.1) is 5.92 Å². The van der Waals surface area contributed by atoms with Gasteiger partial charge in [0.05, 0.1) is 22.1 Å². The Balaban J connectivity index is 1.92. The summed E-state index contributed by atoms with van der Waals surface area (Å²) < 4.78 is 25.7. The molecule has 3 fully saturated rings. The molecule has 1 saturated carbocycles. The van der Waals surface area contributed by atoms with Gasteiger partial charge >= 0.3 is 6.03 Å². The fourth-order valence-corrected chi connectivity index (χ4v) is 9.12. The van der Waals surface area contributed by atoms with Crippen molar-refractivity contribution >= 4 is 39.4 Å². The summed E-state index contributed by atoms with van der Waals surface area (Å²) >= 11 is 0. The standard InChI is InChI=1S/C38H65N5O7S/c1-7-23-39-34(46)32(44)29-18-14-11-9-8-10-12-15-19-30(35(47)43-24-20-28(25-27(2)3)31(43)33(45)40-29)41-36(48)42-38(21-16-13-17-22-38)26-51(49,50)37(4,5)6/h25,28-31H,7-24,26H2,1-6H3,(H,39,46)(H,40,45)(H2,41,42,48)/t28-,29+,30+,31+/m1/s1. The quantitative estimate of drug-likeness (QED) is 0.194. The molecule has 4 N–H and O–H groups in total. The topological polar surface area (TPSA) is 171 Å². The number of nitrogens with zero attached hydrogens (tertiary/aromatic N) is 1. The second-order valence-electron chi connectivity index (χ2n) is 16.3. The van der Waals surface area contributed by atoms with Gasteiger partial charge in [-0.2, -0.15) is 0 Å². The Bertz CT molecular complexity index is 1360. The number of urea groups is 1.